The summed E-state index contributed by atoms with van der Waals surface area (Å²) in [4.78, 5) is 8.76. The Balaban J connectivity index is 1.63. The first-order valence-corrected chi connectivity index (χ1v) is 13.1. The molecule has 0 spiro atoms. The molecule has 1 fully saturated rings. The van der Waals surface area contributed by atoms with Crippen molar-refractivity contribution in [1.82, 2.24) is 25.9 Å². The highest BCUT2D eigenvalue weighted by Gasteiger charge is 2.39. The van der Waals surface area contributed by atoms with Crippen molar-refractivity contribution in [2.24, 2.45) is 5.41 Å². The normalized spacial score (nSPS) is 17.0. The van der Waals surface area contributed by atoms with Crippen LogP contribution in [0.5, 0.6) is 0 Å². The fourth-order valence-electron chi connectivity index (χ4n) is 4.67. The number of rotatable bonds is 7. The van der Waals surface area contributed by atoms with Gasteiger partial charge in [-0.3, -0.25) is 15.0 Å². The number of nitriles is 1. The number of aromatic nitrogens is 2. The highest BCUT2D eigenvalue weighted by molar-refractivity contribution is 6.36. The molecule has 3 aromatic rings. The summed E-state index contributed by atoms with van der Waals surface area (Å²) in [7, 11) is 1.98. The summed E-state index contributed by atoms with van der Waals surface area (Å²) in [5, 5.41) is 20.1. The molecular formula is C27H31BClFN8. The minimum atomic E-state index is -0.897. The lowest BCUT2D eigenvalue weighted by Crippen LogP contribution is -2.46. The van der Waals surface area contributed by atoms with E-state index in [4.69, 9.17) is 11.6 Å². The van der Waals surface area contributed by atoms with Crippen LogP contribution in [0.15, 0.2) is 42.5 Å². The van der Waals surface area contributed by atoms with Crippen molar-refractivity contribution in [2.45, 2.75) is 52.0 Å². The van der Waals surface area contributed by atoms with Crippen LogP contribution in [0.1, 0.15) is 50.4 Å². The zero-order chi connectivity index (χ0) is 27.2. The Hall–Kier alpha value is -3.55. The molecule has 1 saturated carbocycles. The summed E-state index contributed by atoms with van der Waals surface area (Å²) in [6.07, 6.45) is 7.01. The van der Waals surface area contributed by atoms with E-state index >= 15 is 0 Å². The number of nitrogens with zero attached hydrogens (tertiary/aromatic N) is 4. The maximum atomic E-state index is 14.5. The standard InChI is InChI=1S/C27H31BClFN8/c1-15-21(7-17(30)12-32-15)27(28,23-13-38(37-36-23)19-5-6-19)35-18-8-20-24(34-14-26(2,3)4)16(10-31)11-33-25(20)22(29)9-18/h7-9,11-13,19,35-37H,5-6,14,28H2,1-4H3,(H,33,34). The van der Waals surface area contributed by atoms with E-state index in [2.05, 4.69) is 58.4 Å². The van der Waals surface area contributed by atoms with Crippen molar-refractivity contribution in [2.75, 3.05) is 17.2 Å². The Morgan fingerprint density at radius 3 is 2.68 bits per heavy atom. The second-order valence-electron chi connectivity index (χ2n) is 11.4. The minimum Gasteiger partial charge on any atom is -0.383 e. The van der Waals surface area contributed by atoms with Crippen LogP contribution in [0.3, 0.4) is 0 Å². The van der Waals surface area contributed by atoms with Crippen LogP contribution in [0.25, 0.3) is 10.9 Å². The van der Waals surface area contributed by atoms with Gasteiger partial charge in [0, 0.05) is 41.8 Å². The quantitative estimate of drug-likeness (QED) is 0.335. The van der Waals surface area contributed by atoms with Crippen LogP contribution in [-0.2, 0) is 5.44 Å². The molecule has 2 aliphatic rings. The van der Waals surface area contributed by atoms with Gasteiger partial charge >= 0.3 is 0 Å². The summed E-state index contributed by atoms with van der Waals surface area (Å²) in [5.41, 5.74) is 10.2. The molecule has 0 radical (unpaired) electrons. The van der Waals surface area contributed by atoms with Gasteiger partial charge in [0.15, 0.2) is 0 Å². The average Bonchev–Trinajstić information content (AvgIpc) is 3.59. The smallest absolute Gasteiger partial charge is 0.148 e. The van der Waals surface area contributed by atoms with Crippen molar-refractivity contribution in [3.8, 4) is 6.07 Å². The molecular weight excluding hydrogens is 502 g/mol. The molecule has 1 atom stereocenters. The monoisotopic (exact) mass is 532 g/mol. The van der Waals surface area contributed by atoms with E-state index < -0.39 is 11.3 Å². The van der Waals surface area contributed by atoms with Crippen molar-refractivity contribution < 1.29 is 4.39 Å². The first-order chi connectivity index (χ1) is 18.0. The lowest BCUT2D eigenvalue weighted by Gasteiger charge is -2.34. The number of nitrogens with one attached hydrogen (secondary N) is 4. The summed E-state index contributed by atoms with van der Waals surface area (Å²) in [6, 6.07) is 7.92. The molecule has 3 heterocycles. The van der Waals surface area contributed by atoms with E-state index in [1.807, 2.05) is 32.0 Å². The van der Waals surface area contributed by atoms with Gasteiger partial charge < -0.3 is 16.1 Å². The van der Waals surface area contributed by atoms with E-state index in [0.717, 1.165) is 23.9 Å². The fourth-order valence-corrected chi connectivity index (χ4v) is 4.94. The molecule has 1 aliphatic carbocycles. The minimum absolute atomic E-state index is 0.0104. The number of hydrogen-bond donors (Lipinski definition) is 4. The van der Waals surface area contributed by atoms with Crippen LogP contribution in [0, 0.1) is 29.5 Å². The number of halogens is 2. The predicted octanol–water partition coefficient (Wildman–Crippen LogP) is 4.29. The zero-order valence-corrected chi connectivity index (χ0v) is 23.0. The molecule has 0 amide bonds. The number of aryl methyl sites for hydroxylation is 1. The Bertz CT molecular complexity index is 1480. The largest absolute Gasteiger partial charge is 0.383 e. The van der Waals surface area contributed by atoms with Crippen molar-refractivity contribution in [3.05, 3.63) is 70.2 Å². The Morgan fingerprint density at radius 2 is 2.00 bits per heavy atom. The molecule has 4 N–H and O–H groups in total. The van der Waals surface area contributed by atoms with Gasteiger partial charge in [-0.05, 0) is 48.9 Å². The van der Waals surface area contributed by atoms with E-state index in [-0.39, 0.29) is 5.41 Å². The van der Waals surface area contributed by atoms with Gasteiger partial charge in [-0.2, -0.15) is 5.26 Å². The van der Waals surface area contributed by atoms with Crippen LogP contribution >= 0.6 is 11.6 Å². The Kier molecular flexibility index (Phi) is 6.62. The van der Waals surface area contributed by atoms with E-state index in [1.165, 1.54) is 12.3 Å². The highest BCUT2D eigenvalue weighted by Crippen LogP contribution is 2.39. The Morgan fingerprint density at radius 1 is 1.24 bits per heavy atom. The van der Waals surface area contributed by atoms with Gasteiger partial charge in [-0.25, -0.2) is 4.39 Å². The maximum Gasteiger partial charge on any atom is 0.148 e. The van der Waals surface area contributed by atoms with Gasteiger partial charge in [0.1, 0.15) is 19.7 Å². The van der Waals surface area contributed by atoms with E-state index in [1.54, 1.807) is 12.3 Å². The summed E-state index contributed by atoms with van der Waals surface area (Å²) >= 11 is 6.75. The van der Waals surface area contributed by atoms with Gasteiger partial charge in [0.2, 0.25) is 0 Å². The van der Waals surface area contributed by atoms with Gasteiger partial charge in [0.05, 0.1) is 39.1 Å². The lowest BCUT2D eigenvalue weighted by molar-refractivity contribution is 0.260. The van der Waals surface area contributed by atoms with Crippen molar-refractivity contribution in [1.29, 1.82) is 5.26 Å². The number of benzene rings is 1. The van der Waals surface area contributed by atoms with Gasteiger partial charge in [-0.1, -0.05) is 32.4 Å². The van der Waals surface area contributed by atoms with Gasteiger partial charge in [-0.15, -0.1) is 5.53 Å². The third-order valence-electron chi connectivity index (χ3n) is 6.89. The Labute approximate surface area is 228 Å². The second kappa shape index (κ2) is 9.64. The molecule has 0 saturated heterocycles. The molecule has 2 aromatic heterocycles. The summed E-state index contributed by atoms with van der Waals surface area (Å²) < 4.78 is 14.5. The first kappa shape index (κ1) is 26.1. The van der Waals surface area contributed by atoms with Crippen LogP contribution in [0.4, 0.5) is 15.8 Å². The predicted molar refractivity (Wildman–Crippen MR) is 151 cm³/mol. The number of pyridine rings is 2. The summed E-state index contributed by atoms with van der Waals surface area (Å²) in [5.74, 6) is -0.419. The number of fused-ring (bicyclic) bond motifs is 1. The molecule has 1 unspecified atom stereocenters. The molecule has 196 valence electrons. The van der Waals surface area contributed by atoms with Crippen LogP contribution in [0.2, 0.25) is 5.02 Å². The molecule has 1 aliphatic heterocycles. The number of anilines is 2. The lowest BCUT2D eigenvalue weighted by atomic mass is 9.69. The summed E-state index contributed by atoms with van der Waals surface area (Å²) in [6.45, 7) is 8.88. The third kappa shape index (κ3) is 5.09. The molecule has 8 nitrogen and oxygen atoms in total. The van der Waals surface area contributed by atoms with Crippen molar-refractivity contribution in [3.63, 3.8) is 0 Å². The van der Waals surface area contributed by atoms with E-state index in [0.29, 0.717) is 51.3 Å². The first-order valence-electron chi connectivity index (χ1n) is 12.7. The van der Waals surface area contributed by atoms with Gasteiger partial charge in [0.25, 0.3) is 0 Å². The number of hydrogen-bond acceptors (Lipinski definition) is 8. The van der Waals surface area contributed by atoms with E-state index in [9.17, 15) is 9.65 Å². The topological polar surface area (TPSA) is 101 Å². The average molecular weight is 533 g/mol. The SMILES string of the molecule is BC(Nc1cc(Cl)c2ncc(C#N)c(NCC(C)(C)C)c2c1)(C1=CN(C2CC2)NN1)c1cc(F)cnc1C. The maximum absolute atomic E-state index is 14.5. The zero-order valence-electron chi connectivity index (χ0n) is 22.2. The second-order valence-corrected chi connectivity index (χ2v) is 11.8. The third-order valence-corrected chi connectivity index (χ3v) is 7.18. The highest BCUT2D eigenvalue weighted by atomic mass is 35.5. The van der Waals surface area contributed by atoms with Crippen molar-refractivity contribution >= 4 is 41.7 Å². The van der Waals surface area contributed by atoms with Crippen LogP contribution in [-0.4, -0.2) is 35.4 Å². The molecule has 11 heteroatoms. The molecule has 0 bridgehead atoms. The fraction of sp³-hybridized carbons (Fsp3) is 0.370. The molecule has 1 aromatic carbocycles. The molecule has 38 heavy (non-hydrogen) atoms. The molecule has 5 rings (SSSR count). The van der Waals surface area contributed by atoms with Crippen LogP contribution < -0.4 is 21.6 Å². The number of hydrazine groups is 2.